The molecule has 9 heteroatoms. The SMILES string of the molecule is O=C(Nc1ccc(Cl)c(Cl)c1)c1ccc(F)c(S(=O)(=O)N2CCCCCC2)c1. The first kappa shape index (κ1) is 21.0. The Hall–Kier alpha value is -1.67. The second-order valence-electron chi connectivity index (χ2n) is 6.55. The average Bonchev–Trinajstić information content (AvgIpc) is 2.95. The van der Waals surface area contributed by atoms with Crippen LogP contribution < -0.4 is 5.32 Å². The summed E-state index contributed by atoms with van der Waals surface area (Å²) < 4.78 is 41.4. The van der Waals surface area contributed by atoms with Crippen molar-refractivity contribution in [3.8, 4) is 0 Å². The van der Waals surface area contributed by atoms with E-state index in [4.69, 9.17) is 23.2 Å². The summed E-state index contributed by atoms with van der Waals surface area (Å²) in [6, 6.07) is 7.87. The summed E-state index contributed by atoms with van der Waals surface area (Å²) in [6.45, 7) is 0.697. The first-order chi connectivity index (χ1) is 13.3. The first-order valence-electron chi connectivity index (χ1n) is 8.85. The first-order valence-corrected chi connectivity index (χ1v) is 11.0. The number of carbonyl (C=O) groups is 1. The monoisotopic (exact) mass is 444 g/mol. The molecule has 0 atom stereocenters. The van der Waals surface area contributed by atoms with E-state index in [1.165, 1.54) is 22.5 Å². The molecule has 1 saturated heterocycles. The van der Waals surface area contributed by atoms with Crippen LogP contribution in [0, 0.1) is 5.82 Å². The summed E-state index contributed by atoms with van der Waals surface area (Å²) in [7, 11) is -4.02. The van der Waals surface area contributed by atoms with Gasteiger partial charge in [-0.2, -0.15) is 4.31 Å². The van der Waals surface area contributed by atoms with Gasteiger partial charge >= 0.3 is 0 Å². The molecule has 0 unspecified atom stereocenters. The number of carbonyl (C=O) groups excluding carboxylic acids is 1. The number of hydrogen-bond acceptors (Lipinski definition) is 3. The molecule has 0 spiro atoms. The number of anilines is 1. The van der Waals surface area contributed by atoms with Gasteiger partial charge in [0.15, 0.2) is 0 Å². The second-order valence-corrected chi connectivity index (χ2v) is 9.27. The Balaban J connectivity index is 1.87. The van der Waals surface area contributed by atoms with Gasteiger partial charge in [-0.3, -0.25) is 4.79 Å². The lowest BCUT2D eigenvalue weighted by Gasteiger charge is -2.20. The maximum Gasteiger partial charge on any atom is 0.255 e. The third kappa shape index (κ3) is 4.66. The van der Waals surface area contributed by atoms with Gasteiger partial charge in [0.05, 0.1) is 10.0 Å². The quantitative estimate of drug-likeness (QED) is 0.725. The van der Waals surface area contributed by atoms with Crippen molar-refractivity contribution in [2.75, 3.05) is 18.4 Å². The zero-order valence-electron chi connectivity index (χ0n) is 14.9. The number of amides is 1. The molecule has 2 aromatic carbocycles. The molecule has 1 aliphatic heterocycles. The Bertz CT molecular complexity index is 991. The van der Waals surface area contributed by atoms with Crippen LogP contribution >= 0.6 is 23.2 Å². The number of nitrogens with zero attached hydrogens (tertiary/aromatic N) is 1. The molecule has 1 N–H and O–H groups in total. The molecule has 3 rings (SSSR count). The fourth-order valence-electron chi connectivity index (χ4n) is 3.04. The molecule has 1 heterocycles. The fraction of sp³-hybridized carbons (Fsp3) is 0.316. The van der Waals surface area contributed by atoms with Crippen LogP contribution in [0.25, 0.3) is 0 Å². The Labute approximate surface area is 173 Å². The Morgan fingerprint density at radius 3 is 2.29 bits per heavy atom. The molecule has 0 radical (unpaired) electrons. The molecular formula is C19H19Cl2FN2O3S. The lowest BCUT2D eigenvalue weighted by Crippen LogP contribution is -2.32. The van der Waals surface area contributed by atoms with Gasteiger partial charge in [-0.1, -0.05) is 36.0 Å². The van der Waals surface area contributed by atoms with Gasteiger partial charge in [0.25, 0.3) is 5.91 Å². The maximum absolute atomic E-state index is 14.3. The molecule has 0 aromatic heterocycles. The van der Waals surface area contributed by atoms with E-state index >= 15 is 0 Å². The van der Waals surface area contributed by atoms with E-state index in [0.717, 1.165) is 37.8 Å². The highest BCUT2D eigenvalue weighted by Crippen LogP contribution is 2.27. The average molecular weight is 445 g/mol. The highest BCUT2D eigenvalue weighted by atomic mass is 35.5. The number of sulfonamides is 1. The van der Waals surface area contributed by atoms with E-state index < -0.39 is 26.6 Å². The number of nitrogens with one attached hydrogen (secondary N) is 1. The summed E-state index contributed by atoms with van der Waals surface area (Å²) in [4.78, 5) is 12.0. The lowest BCUT2D eigenvalue weighted by molar-refractivity contribution is 0.102. The van der Waals surface area contributed by atoms with Crippen LogP contribution in [0.2, 0.25) is 10.0 Å². The third-order valence-corrected chi connectivity index (χ3v) is 7.21. The van der Waals surface area contributed by atoms with Gasteiger partial charge in [-0.15, -0.1) is 0 Å². The van der Waals surface area contributed by atoms with E-state index in [0.29, 0.717) is 23.8 Å². The minimum absolute atomic E-state index is 0.0286. The Morgan fingerprint density at radius 2 is 1.64 bits per heavy atom. The van der Waals surface area contributed by atoms with E-state index in [9.17, 15) is 17.6 Å². The van der Waals surface area contributed by atoms with Gasteiger partial charge in [0, 0.05) is 24.3 Å². The number of benzene rings is 2. The largest absolute Gasteiger partial charge is 0.322 e. The van der Waals surface area contributed by atoms with Crippen molar-refractivity contribution in [2.45, 2.75) is 30.6 Å². The van der Waals surface area contributed by atoms with E-state index in [1.807, 2.05) is 0 Å². The molecule has 150 valence electrons. The van der Waals surface area contributed by atoms with Crippen LogP contribution in [-0.4, -0.2) is 31.7 Å². The van der Waals surface area contributed by atoms with Gasteiger partial charge in [-0.05, 0) is 49.2 Å². The standard InChI is InChI=1S/C19H19Cl2FN2O3S/c20-15-7-6-14(12-16(15)21)23-19(25)13-5-8-17(22)18(11-13)28(26,27)24-9-3-1-2-4-10-24/h5-8,11-12H,1-4,9-10H2,(H,23,25). The number of halogens is 3. The number of rotatable bonds is 4. The van der Waals surface area contributed by atoms with Crippen molar-refractivity contribution in [2.24, 2.45) is 0 Å². The molecule has 1 amide bonds. The minimum Gasteiger partial charge on any atom is -0.322 e. The van der Waals surface area contributed by atoms with Crippen LogP contribution in [-0.2, 0) is 10.0 Å². The third-order valence-electron chi connectivity index (χ3n) is 4.55. The van der Waals surface area contributed by atoms with Gasteiger partial charge in [0.2, 0.25) is 10.0 Å². The van der Waals surface area contributed by atoms with Crippen LogP contribution in [0.3, 0.4) is 0 Å². The minimum atomic E-state index is -4.02. The summed E-state index contributed by atoms with van der Waals surface area (Å²) in [5.41, 5.74) is 0.418. The van der Waals surface area contributed by atoms with Gasteiger partial charge in [-0.25, -0.2) is 12.8 Å². The van der Waals surface area contributed by atoms with E-state index in [2.05, 4.69) is 5.32 Å². The summed E-state index contributed by atoms with van der Waals surface area (Å²) in [6.07, 6.45) is 3.36. The Morgan fingerprint density at radius 1 is 0.964 bits per heavy atom. The maximum atomic E-state index is 14.3. The normalized spacial score (nSPS) is 15.8. The van der Waals surface area contributed by atoms with Crippen LogP contribution in [0.5, 0.6) is 0 Å². The van der Waals surface area contributed by atoms with Crippen molar-refractivity contribution >= 4 is 44.8 Å². The molecule has 2 aromatic rings. The van der Waals surface area contributed by atoms with Crippen molar-refractivity contribution in [3.63, 3.8) is 0 Å². The fourth-order valence-corrected chi connectivity index (χ4v) is 4.95. The number of hydrogen-bond donors (Lipinski definition) is 1. The molecule has 0 bridgehead atoms. The summed E-state index contributed by atoms with van der Waals surface area (Å²) >= 11 is 11.8. The van der Waals surface area contributed by atoms with Crippen molar-refractivity contribution < 1.29 is 17.6 Å². The van der Waals surface area contributed by atoms with Gasteiger partial charge in [0.1, 0.15) is 10.7 Å². The molecular weight excluding hydrogens is 426 g/mol. The highest BCUT2D eigenvalue weighted by molar-refractivity contribution is 7.89. The van der Waals surface area contributed by atoms with Gasteiger partial charge < -0.3 is 5.32 Å². The predicted octanol–water partition coefficient (Wildman–Crippen LogP) is 4.95. The topological polar surface area (TPSA) is 66.5 Å². The van der Waals surface area contributed by atoms with Crippen LogP contribution in [0.4, 0.5) is 10.1 Å². The zero-order chi connectivity index (χ0) is 20.3. The van der Waals surface area contributed by atoms with E-state index in [-0.39, 0.29) is 10.6 Å². The van der Waals surface area contributed by atoms with Crippen LogP contribution in [0.1, 0.15) is 36.0 Å². The van der Waals surface area contributed by atoms with Crippen molar-refractivity contribution in [3.05, 3.63) is 57.8 Å². The highest BCUT2D eigenvalue weighted by Gasteiger charge is 2.29. The lowest BCUT2D eigenvalue weighted by atomic mass is 10.2. The second kappa shape index (κ2) is 8.78. The molecule has 5 nitrogen and oxygen atoms in total. The molecule has 0 saturated carbocycles. The van der Waals surface area contributed by atoms with Crippen LogP contribution in [0.15, 0.2) is 41.3 Å². The summed E-state index contributed by atoms with van der Waals surface area (Å²) in [5.74, 6) is -1.46. The molecule has 28 heavy (non-hydrogen) atoms. The molecule has 1 aliphatic rings. The molecule has 0 aliphatic carbocycles. The molecule has 1 fully saturated rings. The predicted molar refractivity (Wildman–Crippen MR) is 108 cm³/mol. The Kier molecular flexibility index (Phi) is 6.60. The zero-order valence-corrected chi connectivity index (χ0v) is 17.2. The van der Waals surface area contributed by atoms with E-state index in [1.54, 1.807) is 6.07 Å². The van der Waals surface area contributed by atoms with Crippen molar-refractivity contribution in [1.82, 2.24) is 4.31 Å². The summed E-state index contributed by atoms with van der Waals surface area (Å²) in [5, 5.41) is 3.21. The smallest absolute Gasteiger partial charge is 0.255 e. The van der Waals surface area contributed by atoms with Crippen molar-refractivity contribution in [1.29, 1.82) is 0 Å².